The lowest BCUT2D eigenvalue weighted by Gasteiger charge is -2.46. The zero-order valence-electron chi connectivity index (χ0n) is 13.1. The summed E-state index contributed by atoms with van der Waals surface area (Å²) in [6, 6.07) is 7.86. The van der Waals surface area contributed by atoms with E-state index in [1.807, 2.05) is 24.3 Å². The van der Waals surface area contributed by atoms with Crippen LogP contribution in [-0.2, 0) is 14.3 Å². The number of Topliss-reactive ketones (excluding diaryl/α,β-unsaturated/α-hetero) is 1. The molecule has 0 amide bonds. The molecule has 1 heterocycles. The van der Waals surface area contributed by atoms with Crippen molar-refractivity contribution < 1.29 is 14.3 Å². The van der Waals surface area contributed by atoms with Gasteiger partial charge in [0, 0.05) is 4.47 Å². The summed E-state index contributed by atoms with van der Waals surface area (Å²) in [5, 5.41) is 0. The Labute approximate surface area is 144 Å². The minimum Gasteiger partial charge on any atom is -0.456 e. The quantitative estimate of drug-likeness (QED) is 0.525. The Morgan fingerprint density at radius 3 is 2.09 bits per heavy atom. The van der Waals surface area contributed by atoms with E-state index in [4.69, 9.17) is 4.74 Å². The predicted molar refractivity (Wildman–Crippen MR) is 89.8 cm³/mol. The van der Waals surface area contributed by atoms with Crippen molar-refractivity contribution in [2.75, 3.05) is 0 Å². The Hall–Kier alpha value is -1.16. The van der Waals surface area contributed by atoms with Crippen LogP contribution < -0.4 is 0 Å². The second-order valence-corrected chi connectivity index (χ2v) is 8.23. The molecule has 1 aliphatic heterocycles. The number of carbonyl (C=O) groups is 2. The summed E-state index contributed by atoms with van der Waals surface area (Å²) in [7, 11) is 0. The first-order valence-electron chi connectivity index (χ1n) is 8.60. The third-order valence-electron chi connectivity index (χ3n) is 6.13. The second-order valence-electron chi connectivity index (χ2n) is 7.32. The molecule has 2 saturated carbocycles. The van der Waals surface area contributed by atoms with Crippen molar-refractivity contribution in [3.05, 3.63) is 34.3 Å². The summed E-state index contributed by atoms with van der Waals surface area (Å²) in [5.41, 5.74) is -0.382. The van der Waals surface area contributed by atoms with Crippen molar-refractivity contribution in [1.29, 1.82) is 0 Å². The normalized spacial score (nSPS) is 28.5. The average Bonchev–Trinajstić information content (AvgIpc) is 3.22. The maximum absolute atomic E-state index is 13.5. The maximum atomic E-state index is 13.5. The van der Waals surface area contributed by atoms with Gasteiger partial charge in [0.2, 0.25) is 0 Å². The summed E-state index contributed by atoms with van der Waals surface area (Å²) in [6.45, 7) is 0. The molecule has 1 atom stereocenters. The number of carbonyl (C=O) groups excluding carboxylic acids is 2. The summed E-state index contributed by atoms with van der Waals surface area (Å²) >= 11 is 3.44. The third kappa shape index (κ3) is 2.14. The molecule has 1 aromatic rings. The zero-order chi connectivity index (χ0) is 16.1. The van der Waals surface area contributed by atoms with Gasteiger partial charge in [-0.2, -0.15) is 0 Å². The van der Waals surface area contributed by atoms with Crippen LogP contribution in [0.2, 0.25) is 0 Å². The minimum absolute atomic E-state index is 0.184. The van der Waals surface area contributed by atoms with Gasteiger partial charge < -0.3 is 4.74 Å². The number of hydrogen-bond acceptors (Lipinski definition) is 3. The Morgan fingerprint density at radius 2 is 1.48 bits per heavy atom. The molecule has 4 rings (SSSR count). The van der Waals surface area contributed by atoms with E-state index < -0.39 is 16.9 Å². The molecule has 3 nitrogen and oxygen atoms in total. The van der Waals surface area contributed by atoms with Gasteiger partial charge in [-0.1, -0.05) is 53.7 Å². The van der Waals surface area contributed by atoms with Gasteiger partial charge in [-0.15, -0.1) is 0 Å². The average molecular weight is 377 g/mol. The molecule has 3 fully saturated rings. The van der Waals surface area contributed by atoms with E-state index in [0.29, 0.717) is 12.8 Å². The van der Waals surface area contributed by atoms with Gasteiger partial charge in [-0.3, -0.25) is 9.59 Å². The number of esters is 1. The summed E-state index contributed by atoms with van der Waals surface area (Å²) in [5.74, 6) is -0.0883. The van der Waals surface area contributed by atoms with Crippen molar-refractivity contribution in [1.82, 2.24) is 0 Å². The second kappa shape index (κ2) is 5.44. The standard InChI is InChI=1S/C19H21BrO3/c20-14-7-5-13(6-8-14)15-18(9-1-2-10-18)16(21)19(17(22)23-15)11-3-4-12-19/h5-8,15H,1-4,9-12H2/t15-/m1/s1. The van der Waals surface area contributed by atoms with Crippen LogP contribution in [0.15, 0.2) is 28.7 Å². The van der Waals surface area contributed by atoms with Crippen LogP contribution in [0.5, 0.6) is 0 Å². The van der Waals surface area contributed by atoms with Crippen LogP contribution in [0.3, 0.4) is 0 Å². The number of cyclic esters (lactones) is 1. The molecule has 23 heavy (non-hydrogen) atoms. The van der Waals surface area contributed by atoms with Gasteiger partial charge in [0.05, 0.1) is 5.41 Å². The Morgan fingerprint density at radius 1 is 0.913 bits per heavy atom. The van der Waals surface area contributed by atoms with E-state index in [1.54, 1.807) is 0 Å². The van der Waals surface area contributed by atoms with Gasteiger partial charge in [0.25, 0.3) is 0 Å². The fraction of sp³-hybridized carbons (Fsp3) is 0.579. The van der Waals surface area contributed by atoms with Crippen molar-refractivity contribution >= 4 is 27.7 Å². The number of benzene rings is 1. The molecule has 2 spiro atoms. The molecular formula is C19H21BrO3. The van der Waals surface area contributed by atoms with E-state index in [1.165, 1.54) is 0 Å². The van der Waals surface area contributed by atoms with Crippen molar-refractivity contribution in [3.8, 4) is 0 Å². The molecule has 0 radical (unpaired) electrons. The van der Waals surface area contributed by atoms with Crippen LogP contribution in [0, 0.1) is 10.8 Å². The SMILES string of the molecule is O=C1O[C@H](c2ccc(Br)cc2)C2(CCCC2)C(=O)C12CCCC2. The molecule has 0 unspecified atom stereocenters. The van der Waals surface area contributed by atoms with Crippen molar-refractivity contribution in [3.63, 3.8) is 0 Å². The first kappa shape index (κ1) is 15.4. The monoisotopic (exact) mass is 376 g/mol. The number of halogens is 1. The van der Waals surface area contributed by atoms with Crippen LogP contribution >= 0.6 is 15.9 Å². The van der Waals surface area contributed by atoms with Gasteiger partial charge in [-0.05, 0) is 43.4 Å². The molecular weight excluding hydrogens is 356 g/mol. The molecule has 3 aliphatic rings. The first-order chi connectivity index (χ1) is 11.1. The molecule has 0 aromatic heterocycles. The number of rotatable bonds is 1. The molecule has 1 saturated heterocycles. The Balaban J connectivity index is 1.79. The fourth-order valence-electron chi connectivity index (χ4n) is 4.95. The minimum atomic E-state index is -0.837. The van der Waals surface area contributed by atoms with Gasteiger partial charge in [0.1, 0.15) is 11.5 Å². The summed E-state index contributed by atoms with van der Waals surface area (Å²) in [6.07, 6.45) is 6.66. The highest BCUT2D eigenvalue weighted by atomic mass is 79.9. The Bertz CT molecular complexity index is 637. The van der Waals surface area contributed by atoms with Crippen molar-refractivity contribution in [2.45, 2.75) is 57.5 Å². The molecule has 0 N–H and O–H groups in total. The van der Waals surface area contributed by atoms with Crippen LogP contribution in [-0.4, -0.2) is 11.8 Å². The maximum Gasteiger partial charge on any atom is 0.320 e. The number of ketones is 1. The highest BCUT2D eigenvalue weighted by Crippen LogP contribution is 2.60. The molecule has 4 heteroatoms. The number of ether oxygens (including phenoxy) is 1. The van der Waals surface area contributed by atoms with Gasteiger partial charge >= 0.3 is 5.97 Å². The van der Waals surface area contributed by atoms with Crippen molar-refractivity contribution in [2.24, 2.45) is 10.8 Å². The molecule has 0 bridgehead atoms. The largest absolute Gasteiger partial charge is 0.456 e. The first-order valence-corrected chi connectivity index (χ1v) is 9.39. The smallest absolute Gasteiger partial charge is 0.320 e. The van der Waals surface area contributed by atoms with Crippen LogP contribution in [0.1, 0.15) is 63.0 Å². The van der Waals surface area contributed by atoms with E-state index in [-0.39, 0.29) is 11.8 Å². The van der Waals surface area contributed by atoms with E-state index in [2.05, 4.69) is 15.9 Å². The topological polar surface area (TPSA) is 43.4 Å². The van der Waals surface area contributed by atoms with E-state index in [9.17, 15) is 9.59 Å². The number of hydrogen-bond donors (Lipinski definition) is 0. The highest BCUT2D eigenvalue weighted by Gasteiger charge is 2.64. The lowest BCUT2D eigenvalue weighted by atomic mass is 9.62. The molecule has 2 aliphatic carbocycles. The van der Waals surface area contributed by atoms with Crippen LogP contribution in [0.4, 0.5) is 0 Å². The zero-order valence-corrected chi connectivity index (χ0v) is 14.7. The predicted octanol–water partition coefficient (Wildman–Crippen LogP) is 4.74. The lowest BCUT2D eigenvalue weighted by molar-refractivity contribution is -0.191. The summed E-state index contributed by atoms with van der Waals surface area (Å²) < 4.78 is 6.97. The molecule has 1 aromatic carbocycles. The van der Waals surface area contributed by atoms with E-state index in [0.717, 1.165) is 48.6 Å². The molecule has 122 valence electrons. The fourth-order valence-corrected chi connectivity index (χ4v) is 5.21. The van der Waals surface area contributed by atoms with Crippen LogP contribution in [0.25, 0.3) is 0 Å². The van der Waals surface area contributed by atoms with Gasteiger partial charge in [-0.25, -0.2) is 0 Å². The van der Waals surface area contributed by atoms with Gasteiger partial charge in [0.15, 0.2) is 5.78 Å². The van der Waals surface area contributed by atoms with E-state index >= 15 is 0 Å². The Kier molecular flexibility index (Phi) is 3.63. The summed E-state index contributed by atoms with van der Waals surface area (Å²) in [4.78, 5) is 26.3. The lowest BCUT2D eigenvalue weighted by Crippen LogP contribution is -2.55. The third-order valence-corrected chi connectivity index (χ3v) is 6.66. The highest BCUT2D eigenvalue weighted by molar-refractivity contribution is 9.10.